The van der Waals surface area contributed by atoms with Crippen LogP contribution in [-0.2, 0) is 18.9 Å². The first-order valence-electron chi connectivity index (χ1n) is 14.4. The van der Waals surface area contributed by atoms with Crippen LogP contribution in [0.15, 0.2) is 36.5 Å². The minimum Gasteiger partial charge on any atom is -0.472 e. The van der Waals surface area contributed by atoms with Gasteiger partial charge in [-0.1, -0.05) is 105 Å². The van der Waals surface area contributed by atoms with E-state index in [9.17, 15) is 0 Å². The van der Waals surface area contributed by atoms with Crippen LogP contribution in [0, 0.1) is 5.92 Å². The molecule has 0 saturated carbocycles. The van der Waals surface area contributed by atoms with Crippen molar-refractivity contribution in [3.63, 3.8) is 0 Å². The van der Waals surface area contributed by atoms with Gasteiger partial charge in [0.05, 0.1) is 26.4 Å². The molecule has 216 valence electrons. The molecule has 0 bridgehead atoms. The molecule has 3 atom stereocenters. The lowest BCUT2D eigenvalue weighted by molar-refractivity contribution is 0.0777. The van der Waals surface area contributed by atoms with Crippen molar-refractivity contribution >= 4 is 56.7 Å². The molecule has 0 aromatic heterocycles. The summed E-state index contributed by atoms with van der Waals surface area (Å²) in [6.07, 6.45) is 28.9. The van der Waals surface area contributed by atoms with Gasteiger partial charge in [-0.05, 0) is 68.9 Å². The molecule has 2 saturated heterocycles. The fourth-order valence-electron chi connectivity index (χ4n) is 4.38. The van der Waals surface area contributed by atoms with E-state index in [0.29, 0.717) is 35.2 Å². The molecule has 0 N–H and O–H groups in total. The van der Waals surface area contributed by atoms with Crippen molar-refractivity contribution < 1.29 is 18.9 Å². The van der Waals surface area contributed by atoms with Crippen molar-refractivity contribution in [2.75, 3.05) is 37.9 Å². The third-order valence-corrected chi connectivity index (χ3v) is 9.17. The summed E-state index contributed by atoms with van der Waals surface area (Å²) < 4.78 is 23.6. The van der Waals surface area contributed by atoms with E-state index in [4.69, 9.17) is 43.4 Å². The summed E-state index contributed by atoms with van der Waals surface area (Å²) in [6, 6.07) is 0. The second kappa shape index (κ2) is 23.3. The maximum absolute atomic E-state index is 5.72. The third kappa shape index (κ3) is 18.1. The third-order valence-electron chi connectivity index (χ3n) is 6.53. The lowest BCUT2D eigenvalue weighted by Crippen LogP contribution is -2.17. The van der Waals surface area contributed by atoms with E-state index in [1.165, 1.54) is 57.8 Å². The zero-order chi connectivity index (χ0) is 27.1. The molecule has 2 aliphatic rings. The van der Waals surface area contributed by atoms with Crippen molar-refractivity contribution in [3.8, 4) is 0 Å². The van der Waals surface area contributed by atoms with E-state index >= 15 is 0 Å². The van der Waals surface area contributed by atoms with Crippen LogP contribution in [0.2, 0.25) is 0 Å². The second-order valence-corrected chi connectivity index (χ2v) is 13.1. The molecule has 2 aliphatic heterocycles. The van der Waals surface area contributed by atoms with Crippen molar-refractivity contribution in [1.82, 2.24) is 0 Å². The Morgan fingerprint density at radius 3 is 1.84 bits per heavy atom. The van der Waals surface area contributed by atoms with E-state index in [1.54, 1.807) is 23.5 Å². The molecule has 3 unspecified atom stereocenters. The molecule has 0 radical (unpaired) electrons. The van der Waals surface area contributed by atoms with Crippen LogP contribution in [-0.4, -0.2) is 58.9 Å². The molecule has 38 heavy (non-hydrogen) atoms. The number of hydrogen-bond donors (Lipinski definition) is 0. The predicted molar refractivity (Wildman–Crippen MR) is 173 cm³/mol. The Labute approximate surface area is 251 Å². The first kappa shape index (κ1) is 33.8. The topological polar surface area (TPSA) is 36.9 Å². The Bertz CT molecular complexity index is 725. The minimum atomic E-state index is 0.123. The van der Waals surface area contributed by atoms with Gasteiger partial charge in [0.1, 0.15) is 12.2 Å². The van der Waals surface area contributed by atoms with Crippen molar-refractivity contribution in [3.05, 3.63) is 36.5 Å². The maximum atomic E-state index is 5.72. The summed E-state index contributed by atoms with van der Waals surface area (Å²) in [6.45, 7) is 4.84. The van der Waals surface area contributed by atoms with Crippen LogP contribution in [0.3, 0.4) is 0 Å². The summed E-state index contributed by atoms with van der Waals surface area (Å²) in [5.41, 5.74) is 0. The van der Waals surface area contributed by atoms with Crippen LogP contribution >= 0.6 is 48.0 Å². The quantitative estimate of drug-likeness (QED) is 0.0654. The maximum Gasteiger partial charge on any atom is 0.220 e. The van der Waals surface area contributed by atoms with Gasteiger partial charge < -0.3 is 18.9 Å². The summed E-state index contributed by atoms with van der Waals surface area (Å²) in [4.78, 5) is 0. The fourth-order valence-corrected chi connectivity index (χ4v) is 6.44. The lowest BCUT2D eigenvalue weighted by atomic mass is 9.91. The Hall–Kier alpha value is -0.380. The number of allylic oxidation sites excluding steroid dienone is 4. The van der Waals surface area contributed by atoms with Crippen LogP contribution < -0.4 is 0 Å². The highest BCUT2D eigenvalue weighted by molar-refractivity contribution is 8.23. The highest BCUT2D eigenvalue weighted by Crippen LogP contribution is 2.23. The van der Waals surface area contributed by atoms with E-state index in [2.05, 4.69) is 43.4 Å². The fraction of sp³-hybridized carbons (Fsp3) is 0.733. The molecule has 0 spiro atoms. The van der Waals surface area contributed by atoms with E-state index in [-0.39, 0.29) is 12.2 Å². The van der Waals surface area contributed by atoms with E-state index < -0.39 is 0 Å². The first-order chi connectivity index (χ1) is 18.7. The average molecular weight is 601 g/mol. The molecule has 0 aromatic rings. The predicted octanol–water partition coefficient (Wildman–Crippen LogP) is 8.84. The molecule has 8 heteroatoms. The van der Waals surface area contributed by atoms with Gasteiger partial charge in [-0.15, -0.1) is 0 Å². The molecular weight excluding hydrogens is 553 g/mol. The van der Waals surface area contributed by atoms with Gasteiger partial charge in [-0.3, -0.25) is 0 Å². The van der Waals surface area contributed by atoms with Crippen molar-refractivity contribution in [1.29, 1.82) is 0 Å². The Morgan fingerprint density at radius 1 is 0.711 bits per heavy atom. The smallest absolute Gasteiger partial charge is 0.220 e. The van der Waals surface area contributed by atoms with Crippen molar-refractivity contribution in [2.45, 2.75) is 96.2 Å². The van der Waals surface area contributed by atoms with Crippen LogP contribution in [0.25, 0.3) is 0 Å². The van der Waals surface area contributed by atoms with Gasteiger partial charge >= 0.3 is 0 Å². The molecule has 2 heterocycles. The molecular formula is C30H48O4S4. The standard InChI is InChI=1S/C30H48O4S4/c1-2-3-4-12-17-26(19-14-11-16-21-32-23-28-25-38-30(36)34-28)18-13-9-7-5-6-8-10-15-20-31-22-27-24-37-29(35)33-27/h5,7,10-11,15-16,26-28H,2-4,6,8-9,12-14,17-25H2,1H3/b7-5+,15-10+,16-11+. The number of unbranched alkanes of at least 4 members (excludes halogenated alkanes) is 5. The van der Waals surface area contributed by atoms with E-state index in [0.717, 1.165) is 36.7 Å². The molecule has 0 aliphatic carbocycles. The Morgan fingerprint density at radius 2 is 1.26 bits per heavy atom. The molecule has 0 amide bonds. The van der Waals surface area contributed by atoms with Gasteiger partial charge in [0.2, 0.25) is 8.77 Å². The lowest BCUT2D eigenvalue weighted by Gasteiger charge is -2.15. The number of rotatable bonds is 23. The van der Waals surface area contributed by atoms with Gasteiger partial charge in [0, 0.05) is 11.5 Å². The Kier molecular flexibility index (Phi) is 20.8. The van der Waals surface area contributed by atoms with Crippen LogP contribution in [0.5, 0.6) is 0 Å². The number of hydrogen-bond acceptors (Lipinski definition) is 8. The number of thioether (sulfide) groups is 2. The van der Waals surface area contributed by atoms with Crippen LogP contribution in [0.4, 0.5) is 0 Å². The summed E-state index contributed by atoms with van der Waals surface area (Å²) in [5.74, 6) is 2.66. The molecule has 2 fully saturated rings. The Balaban J connectivity index is 1.48. The highest BCUT2D eigenvalue weighted by atomic mass is 32.2. The largest absolute Gasteiger partial charge is 0.472 e. The van der Waals surface area contributed by atoms with Gasteiger partial charge in [0.15, 0.2) is 0 Å². The zero-order valence-electron chi connectivity index (χ0n) is 23.2. The normalized spacial score (nSPS) is 20.8. The summed E-state index contributed by atoms with van der Waals surface area (Å²) in [7, 11) is 0. The highest BCUT2D eigenvalue weighted by Gasteiger charge is 2.21. The van der Waals surface area contributed by atoms with Gasteiger partial charge in [-0.25, -0.2) is 0 Å². The second-order valence-electron chi connectivity index (χ2n) is 9.89. The van der Waals surface area contributed by atoms with Gasteiger partial charge in [-0.2, -0.15) is 0 Å². The number of ether oxygens (including phenoxy) is 4. The summed E-state index contributed by atoms with van der Waals surface area (Å²) >= 11 is 13.3. The SMILES string of the molecule is CCCCCCC(CC/C=C/COCC1CSC(=S)O1)CCC/C=C/CC/C=C/COCC1CSC(=S)O1. The van der Waals surface area contributed by atoms with Crippen molar-refractivity contribution in [2.24, 2.45) is 5.92 Å². The van der Waals surface area contributed by atoms with Gasteiger partial charge in [0.25, 0.3) is 0 Å². The van der Waals surface area contributed by atoms with E-state index in [1.807, 2.05) is 0 Å². The molecule has 4 nitrogen and oxygen atoms in total. The zero-order valence-corrected chi connectivity index (χ0v) is 26.5. The molecule has 0 aromatic carbocycles. The molecule has 2 rings (SSSR count). The average Bonchev–Trinajstić information content (AvgIpc) is 3.53. The first-order valence-corrected chi connectivity index (χ1v) is 17.2. The number of thiocarbonyl (C=S) groups is 2. The van der Waals surface area contributed by atoms with Crippen LogP contribution in [0.1, 0.15) is 84.0 Å². The monoisotopic (exact) mass is 600 g/mol. The minimum absolute atomic E-state index is 0.123. The summed E-state index contributed by atoms with van der Waals surface area (Å²) in [5, 5.41) is 0.